The fourth-order valence-corrected chi connectivity index (χ4v) is 2.03. The van der Waals surface area contributed by atoms with E-state index in [1.54, 1.807) is 28.9 Å². The zero-order valence-electron chi connectivity index (χ0n) is 9.21. The number of fused-ring (bicyclic) bond motifs is 1. The summed E-state index contributed by atoms with van der Waals surface area (Å²) in [5.41, 5.74) is 7.73. The molecule has 0 aliphatic heterocycles. The lowest BCUT2D eigenvalue weighted by Gasteiger charge is -2.05. The fourth-order valence-electron chi connectivity index (χ4n) is 1.80. The SMILES string of the molecule is Nc1nc2cc(-c3cc(O)ccc3Cl)ccn2n1. The first-order valence-electron chi connectivity index (χ1n) is 5.24. The van der Waals surface area contributed by atoms with Crippen molar-refractivity contribution in [3.05, 3.63) is 41.6 Å². The second kappa shape index (κ2) is 3.89. The number of phenols is 1. The van der Waals surface area contributed by atoms with Crippen LogP contribution in [-0.2, 0) is 0 Å². The van der Waals surface area contributed by atoms with E-state index in [-0.39, 0.29) is 11.7 Å². The lowest BCUT2D eigenvalue weighted by atomic mass is 10.1. The molecule has 0 amide bonds. The predicted octanol–water partition coefficient (Wildman–Crippen LogP) is 2.34. The van der Waals surface area contributed by atoms with E-state index in [1.165, 1.54) is 0 Å². The van der Waals surface area contributed by atoms with Crippen molar-refractivity contribution in [3.63, 3.8) is 0 Å². The number of rotatable bonds is 1. The standard InChI is InChI=1S/C12H9ClN4O/c13-10-2-1-8(18)6-9(10)7-3-4-17-11(5-7)15-12(14)16-17/h1-6,18H,(H2,14,16). The minimum absolute atomic E-state index is 0.162. The maximum Gasteiger partial charge on any atom is 0.240 e. The Bertz CT molecular complexity index is 738. The highest BCUT2D eigenvalue weighted by Crippen LogP contribution is 2.31. The van der Waals surface area contributed by atoms with E-state index in [0.717, 1.165) is 11.1 Å². The molecule has 2 heterocycles. The zero-order chi connectivity index (χ0) is 12.7. The smallest absolute Gasteiger partial charge is 0.240 e. The number of nitrogens with two attached hydrogens (primary N) is 1. The van der Waals surface area contributed by atoms with Gasteiger partial charge in [-0.15, -0.1) is 5.10 Å². The van der Waals surface area contributed by atoms with Gasteiger partial charge in [0.15, 0.2) is 5.65 Å². The Morgan fingerprint density at radius 1 is 1.22 bits per heavy atom. The number of aromatic hydroxyl groups is 1. The van der Waals surface area contributed by atoms with Gasteiger partial charge in [-0.2, -0.15) is 4.98 Å². The number of hydrogen-bond acceptors (Lipinski definition) is 4. The van der Waals surface area contributed by atoms with Crippen molar-refractivity contribution in [2.24, 2.45) is 0 Å². The van der Waals surface area contributed by atoms with Gasteiger partial charge in [0.2, 0.25) is 5.95 Å². The van der Waals surface area contributed by atoms with Crippen LogP contribution in [0, 0.1) is 0 Å². The summed E-state index contributed by atoms with van der Waals surface area (Å²) in [5, 5.41) is 14.1. The topological polar surface area (TPSA) is 76.4 Å². The van der Waals surface area contributed by atoms with Crippen LogP contribution in [0.15, 0.2) is 36.5 Å². The van der Waals surface area contributed by atoms with E-state index in [0.29, 0.717) is 10.7 Å². The van der Waals surface area contributed by atoms with Crippen LogP contribution in [0.1, 0.15) is 0 Å². The van der Waals surface area contributed by atoms with Gasteiger partial charge in [-0.25, -0.2) is 4.52 Å². The average Bonchev–Trinajstić information content (AvgIpc) is 2.71. The first kappa shape index (κ1) is 10.9. The average molecular weight is 261 g/mol. The highest BCUT2D eigenvalue weighted by Gasteiger charge is 2.07. The highest BCUT2D eigenvalue weighted by molar-refractivity contribution is 6.33. The third-order valence-corrected chi connectivity index (χ3v) is 2.94. The van der Waals surface area contributed by atoms with Gasteiger partial charge in [0, 0.05) is 16.8 Å². The summed E-state index contributed by atoms with van der Waals surface area (Å²) >= 11 is 6.11. The molecule has 0 aliphatic carbocycles. The van der Waals surface area contributed by atoms with Crippen LogP contribution in [0.4, 0.5) is 5.95 Å². The van der Waals surface area contributed by atoms with E-state index in [2.05, 4.69) is 10.1 Å². The molecule has 0 unspecified atom stereocenters. The number of aromatic nitrogens is 3. The van der Waals surface area contributed by atoms with Crippen molar-refractivity contribution < 1.29 is 5.11 Å². The Labute approximate surface area is 107 Å². The number of phenolic OH excluding ortho intramolecular Hbond substituents is 1. The Kier molecular flexibility index (Phi) is 2.34. The second-order valence-electron chi connectivity index (χ2n) is 3.85. The maximum atomic E-state index is 9.50. The number of nitrogens with zero attached hydrogens (tertiary/aromatic N) is 3. The molecule has 0 bridgehead atoms. The molecular weight excluding hydrogens is 252 g/mol. The van der Waals surface area contributed by atoms with Crippen molar-refractivity contribution >= 4 is 23.2 Å². The molecule has 0 fully saturated rings. The van der Waals surface area contributed by atoms with Gasteiger partial charge in [0.25, 0.3) is 0 Å². The van der Waals surface area contributed by atoms with Gasteiger partial charge >= 0.3 is 0 Å². The first-order valence-corrected chi connectivity index (χ1v) is 5.62. The molecule has 1 aromatic carbocycles. The third-order valence-electron chi connectivity index (χ3n) is 2.61. The van der Waals surface area contributed by atoms with Crippen LogP contribution in [0.25, 0.3) is 16.8 Å². The number of hydrogen-bond donors (Lipinski definition) is 2. The zero-order valence-corrected chi connectivity index (χ0v) is 9.96. The summed E-state index contributed by atoms with van der Waals surface area (Å²) in [6.07, 6.45) is 1.74. The minimum atomic E-state index is 0.162. The Hall–Kier alpha value is -2.27. The van der Waals surface area contributed by atoms with Crippen LogP contribution < -0.4 is 5.73 Å². The molecule has 3 aromatic rings. The fraction of sp³-hybridized carbons (Fsp3) is 0. The van der Waals surface area contributed by atoms with Gasteiger partial charge in [0.05, 0.1) is 0 Å². The van der Waals surface area contributed by atoms with Gasteiger partial charge in [-0.3, -0.25) is 0 Å². The summed E-state index contributed by atoms with van der Waals surface area (Å²) in [6, 6.07) is 8.44. The molecule has 5 nitrogen and oxygen atoms in total. The van der Waals surface area contributed by atoms with Crippen molar-refractivity contribution in [1.29, 1.82) is 0 Å². The lowest BCUT2D eigenvalue weighted by molar-refractivity contribution is 0.475. The van der Waals surface area contributed by atoms with Gasteiger partial charge in [0.1, 0.15) is 5.75 Å². The Morgan fingerprint density at radius 3 is 2.89 bits per heavy atom. The molecule has 2 aromatic heterocycles. The molecule has 0 radical (unpaired) electrons. The van der Waals surface area contributed by atoms with Gasteiger partial charge < -0.3 is 10.8 Å². The van der Waals surface area contributed by atoms with Crippen LogP contribution in [0.3, 0.4) is 0 Å². The molecule has 0 spiro atoms. The van der Waals surface area contributed by atoms with E-state index in [9.17, 15) is 5.11 Å². The molecule has 0 saturated carbocycles. The normalized spacial score (nSPS) is 10.9. The summed E-state index contributed by atoms with van der Waals surface area (Å²) in [5.74, 6) is 0.379. The highest BCUT2D eigenvalue weighted by atomic mass is 35.5. The van der Waals surface area contributed by atoms with Crippen molar-refractivity contribution in [2.45, 2.75) is 0 Å². The van der Waals surface area contributed by atoms with Crippen molar-refractivity contribution in [3.8, 4) is 16.9 Å². The number of halogens is 1. The number of benzene rings is 1. The minimum Gasteiger partial charge on any atom is -0.508 e. The predicted molar refractivity (Wildman–Crippen MR) is 69.5 cm³/mol. The largest absolute Gasteiger partial charge is 0.508 e. The molecular formula is C12H9ClN4O. The van der Waals surface area contributed by atoms with Crippen LogP contribution in [-0.4, -0.2) is 19.7 Å². The summed E-state index contributed by atoms with van der Waals surface area (Å²) < 4.78 is 1.58. The molecule has 0 saturated heterocycles. The number of anilines is 1. The monoisotopic (exact) mass is 260 g/mol. The quantitative estimate of drug-likeness (QED) is 0.704. The molecule has 90 valence electrons. The number of pyridine rings is 1. The van der Waals surface area contributed by atoms with E-state index in [4.69, 9.17) is 17.3 Å². The van der Waals surface area contributed by atoms with E-state index in [1.807, 2.05) is 12.1 Å². The van der Waals surface area contributed by atoms with E-state index >= 15 is 0 Å². The van der Waals surface area contributed by atoms with Crippen LogP contribution in [0.5, 0.6) is 5.75 Å². The maximum absolute atomic E-state index is 9.50. The van der Waals surface area contributed by atoms with Gasteiger partial charge in [-0.1, -0.05) is 11.6 Å². The Balaban J connectivity index is 2.21. The van der Waals surface area contributed by atoms with Crippen molar-refractivity contribution in [1.82, 2.24) is 14.6 Å². The Morgan fingerprint density at radius 2 is 2.06 bits per heavy atom. The van der Waals surface area contributed by atoms with Crippen molar-refractivity contribution in [2.75, 3.05) is 5.73 Å². The van der Waals surface area contributed by atoms with Crippen LogP contribution >= 0.6 is 11.6 Å². The molecule has 3 rings (SSSR count). The molecule has 3 N–H and O–H groups in total. The summed E-state index contributed by atoms with van der Waals surface area (Å²) in [7, 11) is 0. The van der Waals surface area contributed by atoms with E-state index < -0.39 is 0 Å². The molecule has 0 aliphatic rings. The molecule has 18 heavy (non-hydrogen) atoms. The molecule has 0 atom stereocenters. The first-order chi connectivity index (χ1) is 8.63. The van der Waals surface area contributed by atoms with Crippen LogP contribution in [0.2, 0.25) is 5.02 Å². The summed E-state index contributed by atoms with van der Waals surface area (Å²) in [6.45, 7) is 0. The third kappa shape index (κ3) is 1.74. The lowest BCUT2D eigenvalue weighted by Crippen LogP contribution is -1.89. The second-order valence-corrected chi connectivity index (χ2v) is 4.26. The summed E-state index contributed by atoms with van der Waals surface area (Å²) in [4.78, 5) is 4.08. The number of nitrogen functional groups attached to an aromatic ring is 1. The molecule has 6 heteroatoms. The van der Waals surface area contributed by atoms with Gasteiger partial charge in [-0.05, 0) is 35.9 Å².